The van der Waals surface area contributed by atoms with E-state index in [0.717, 1.165) is 18.4 Å². The number of ether oxygens (including phenoxy) is 1. The van der Waals surface area contributed by atoms with Gasteiger partial charge >= 0.3 is 5.97 Å². The molecule has 0 aromatic carbocycles. The van der Waals surface area contributed by atoms with E-state index in [2.05, 4.69) is 78.0 Å². The molecular formula is C23H38O3Si2. The Balaban J connectivity index is 2.87. The Bertz CT molecular complexity index is 692. The summed E-state index contributed by atoms with van der Waals surface area (Å²) in [5.41, 5.74) is 4.61. The van der Waals surface area contributed by atoms with Crippen molar-refractivity contribution in [2.75, 3.05) is 0 Å². The fraction of sp³-hybridized carbons (Fsp3) is 0.609. The lowest BCUT2D eigenvalue weighted by atomic mass is 10.1. The summed E-state index contributed by atoms with van der Waals surface area (Å²) in [7, 11) is -3.35. The number of hydrogen-bond acceptors (Lipinski definition) is 3. The van der Waals surface area contributed by atoms with Crippen molar-refractivity contribution in [1.82, 2.24) is 0 Å². The van der Waals surface area contributed by atoms with E-state index in [0.29, 0.717) is 0 Å². The van der Waals surface area contributed by atoms with E-state index in [1.165, 1.54) is 6.08 Å². The van der Waals surface area contributed by atoms with E-state index in [4.69, 9.17) is 9.16 Å². The number of carbonyl (C=O) groups excluding carboxylic acids is 1. The molecule has 0 aliphatic carbocycles. The normalized spacial score (nSPS) is 20.0. The molecule has 2 atom stereocenters. The Morgan fingerprint density at radius 1 is 1.32 bits per heavy atom. The molecule has 1 aliphatic heterocycles. The maximum atomic E-state index is 11.3. The van der Waals surface area contributed by atoms with Crippen molar-refractivity contribution in [3.63, 3.8) is 0 Å². The molecule has 0 unspecified atom stereocenters. The van der Waals surface area contributed by atoms with Gasteiger partial charge < -0.3 is 9.16 Å². The summed E-state index contributed by atoms with van der Waals surface area (Å²) in [6, 6.07) is 0. The zero-order valence-electron chi connectivity index (χ0n) is 19.2. The van der Waals surface area contributed by atoms with E-state index in [1.807, 2.05) is 18.2 Å². The van der Waals surface area contributed by atoms with E-state index < -0.39 is 16.4 Å². The molecule has 5 heteroatoms. The highest BCUT2D eigenvalue weighted by molar-refractivity contribution is 6.83. The molecule has 1 aliphatic rings. The molecule has 0 aromatic heterocycles. The quantitative estimate of drug-likeness (QED) is 0.229. The Kier molecular flexibility index (Phi) is 8.73. The molecule has 0 fully saturated rings. The van der Waals surface area contributed by atoms with Gasteiger partial charge in [-0.05, 0) is 31.1 Å². The minimum Gasteiger partial charge on any atom is -0.455 e. The molecule has 0 aromatic rings. The Hall–Kier alpha value is -1.36. The maximum Gasteiger partial charge on any atom is 0.331 e. The van der Waals surface area contributed by atoms with Gasteiger partial charge in [0.05, 0.1) is 0 Å². The van der Waals surface area contributed by atoms with Gasteiger partial charge in [0.2, 0.25) is 0 Å². The van der Waals surface area contributed by atoms with E-state index >= 15 is 0 Å². The third-order valence-electron chi connectivity index (χ3n) is 4.97. The first-order valence-electron chi connectivity index (χ1n) is 10.1. The predicted molar refractivity (Wildman–Crippen MR) is 124 cm³/mol. The smallest absolute Gasteiger partial charge is 0.331 e. The lowest BCUT2D eigenvalue weighted by Crippen LogP contribution is -2.43. The fourth-order valence-electron chi connectivity index (χ4n) is 2.24. The van der Waals surface area contributed by atoms with Crippen LogP contribution in [-0.2, 0) is 14.0 Å². The minimum atomic E-state index is -1.89. The van der Waals surface area contributed by atoms with Gasteiger partial charge in [-0.3, -0.25) is 0 Å². The number of allylic oxidation sites excluding steroid dienone is 2. The third-order valence-corrected chi connectivity index (χ3v) is 10.3. The van der Waals surface area contributed by atoms with Crippen LogP contribution in [0, 0.1) is 11.5 Å². The number of rotatable bonds is 6. The first-order chi connectivity index (χ1) is 12.7. The highest BCUT2D eigenvalue weighted by Crippen LogP contribution is 2.37. The third kappa shape index (κ3) is 9.23. The number of esters is 1. The highest BCUT2D eigenvalue weighted by Gasteiger charge is 2.38. The van der Waals surface area contributed by atoms with Crippen molar-refractivity contribution >= 4 is 22.4 Å². The van der Waals surface area contributed by atoms with Crippen LogP contribution in [-0.4, -0.2) is 34.6 Å². The molecule has 0 radical (unpaired) electrons. The average molecular weight is 419 g/mol. The SMILES string of the molecule is CC(/C=C/[C@H]1CC=CC(=O)O1)=C\C[C@H](C#C[Si](C)(C)C)O[Si](C)(C)C(C)(C)C. The van der Waals surface area contributed by atoms with Crippen molar-refractivity contribution in [2.24, 2.45) is 0 Å². The van der Waals surface area contributed by atoms with Crippen LogP contribution in [0.4, 0.5) is 0 Å². The summed E-state index contributed by atoms with van der Waals surface area (Å²) in [5, 5.41) is 0.156. The zero-order chi connectivity index (χ0) is 21.6. The molecule has 1 rings (SSSR count). The Morgan fingerprint density at radius 3 is 2.50 bits per heavy atom. The summed E-state index contributed by atoms with van der Waals surface area (Å²) in [6.45, 7) is 20.2. The lowest BCUT2D eigenvalue weighted by molar-refractivity contribution is -0.141. The molecule has 0 spiro atoms. The van der Waals surface area contributed by atoms with Crippen LogP contribution in [0.2, 0.25) is 37.8 Å². The standard InChI is InChI=1S/C23H38O3Si2/c1-19(13-15-20-11-10-12-22(24)25-20)14-16-21(17-18-27(5,6)7)26-28(8,9)23(2,3)4/h10,12-15,20-21H,11,16H2,1-9H3/b15-13+,19-14+/t20-,21-/m1/s1. The van der Waals surface area contributed by atoms with Crippen molar-refractivity contribution in [1.29, 1.82) is 0 Å². The molecule has 0 saturated carbocycles. The summed E-state index contributed by atoms with van der Waals surface area (Å²) in [5.74, 6) is 3.16. The van der Waals surface area contributed by atoms with Crippen molar-refractivity contribution in [3.05, 3.63) is 36.0 Å². The van der Waals surface area contributed by atoms with Crippen LogP contribution < -0.4 is 0 Å². The Morgan fingerprint density at radius 2 is 1.96 bits per heavy atom. The molecule has 1 heterocycles. The van der Waals surface area contributed by atoms with E-state index in [9.17, 15) is 4.79 Å². The molecule has 0 saturated heterocycles. The number of hydrogen-bond donors (Lipinski definition) is 0. The molecule has 0 bridgehead atoms. The molecule has 28 heavy (non-hydrogen) atoms. The Labute approximate surface area is 174 Å². The van der Waals surface area contributed by atoms with E-state index in [-0.39, 0.29) is 23.2 Å². The van der Waals surface area contributed by atoms with Gasteiger partial charge in [0.15, 0.2) is 8.32 Å². The number of carbonyl (C=O) groups is 1. The van der Waals surface area contributed by atoms with Crippen LogP contribution in [0.15, 0.2) is 36.0 Å². The highest BCUT2D eigenvalue weighted by atomic mass is 28.4. The molecule has 156 valence electrons. The van der Waals surface area contributed by atoms with Crippen molar-refractivity contribution in [2.45, 2.75) is 90.5 Å². The van der Waals surface area contributed by atoms with Crippen molar-refractivity contribution < 1.29 is 14.0 Å². The summed E-state index contributed by atoms with van der Waals surface area (Å²) < 4.78 is 11.9. The van der Waals surface area contributed by atoms with E-state index in [1.54, 1.807) is 0 Å². The predicted octanol–water partition coefficient (Wildman–Crippen LogP) is 6.02. The molecule has 0 N–H and O–H groups in total. The molecule has 3 nitrogen and oxygen atoms in total. The van der Waals surface area contributed by atoms with Crippen LogP contribution in [0.1, 0.15) is 40.5 Å². The van der Waals surface area contributed by atoms with Gasteiger partial charge in [-0.15, -0.1) is 5.54 Å². The molecule has 0 amide bonds. The summed E-state index contributed by atoms with van der Waals surface area (Å²) in [4.78, 5) is 11.3. The van der Waals surface area contributed by atoms with Gasteiger partial charge in [-0.25, -0.2) is 4.79 Å². The van der Waals surface area contributed by atoms with Crippen molar-refractivity contribution in [3.8, 4) is 11.5 Å². The first-order valence-corrected chi connectivity index (χ1v) is 16.5. The topological polar surface area (TPSA) is 35.5 Å². The van der Waals surface area contributed by atoms with Gasteiger partial charge in [-0.2, -0.15) is 0 Å². The zero-order valence-corrected chi connectivity index (χ0v) is 21.2. The van der Waals surface area contributed by atoms with Gasteiger partial charge in [0.1, 0.15) is 20.3 Å². The van der Waals surface area contributed by atoms with Crippen LogP contribution >= 0.6 is 0 Å². The average Bonchev–Trinajstić information content (AvgIpc) is 2.53. The summed E-state index contributed by atoms with van der Waals surface area (Å²) in [6.07, 6.45) is 10.7. The second-order valence-electron chi connectivity index (χ2n) is 10.0. The summed E-state index contributed by atoms with van der Waals surface area (Å²) >= 11 is 0. The number of cyclic esters (lactones) is 1. The maximum absolute atomic E-state index is 11.3. The minimum absolute atomic E-state index is 0.0774. The second kappa shape index (κ2) is 9.91. The van der Waals surface area contributed by atoms with Gasteiger partial charge in [0.25, 0.3) is 0 Å². The first kappa shape index (κ1) is 24.7. The van der Waals surface area contributed by atoms with Gasteiger partial charge in [0, 0.05) is 18.9 Å². The van der Waals surface area contributed by atoms with Crippen LogP contribution in [0.5, 0.6) is 0 Å². The fourth-order valence-corrected chi connectivity index (χ4v) is 4.05. The van der Waals surface area contributed by atoms with Gasteiger partial charge in [-0.1, -0.05) is 70.1 Å². The van der Waals surface area contributed by atoms with Crippen LogP contribution in [0.3, 0.4) is 0 Å². The second-order valence-corrected chi connectivity index (χ2v) is 19.5. The van der Waals surface area contributed by atoms with Crippen LogP contribution in [0.25, 0.3) is 0 Å². The lowest BCUT2D eigenvalue weighted by Gasteiger charge is -2.38. The molecular weight excluding hydrogens is 380 g/mol. The monoisotopic (exact) mass is 418 g/mol. The largest absolute Gasteiger partial charge is 0.455 e.